The second-order valence-electron chi connectivity index (χ2n) is 4.07. The minimum atomic E-state index is -0.0466. The number of carbonyl (C=O) groups is 1. The van der Waals surface area contributed by atoms with E-state index in [2.05, 4.69) is 11.9 Å². The number of rotatable bonds is 4. The van der Waals surface area contributed by atoms with E-state index in [1.165, 1.54) is 0 Å². The first-order chi connectivity index (χ1) is 8.20. The lowest BCUT2D eigenvalue weighted by atomic mass is 10.0. The van der Waals surface area contributed by atoms with E-state index < -0.39 is 0 Å². The first-order valence-corrected chi connectivity index (χ1v) is 5.98. The summed E-state index contributed by atoms with van der Waals surface area (Å²) in [6.07, 6.45) is 5.50. The van der Waals surface area contributed by atoms with Gasteiger partial charge in [0.05, 0.1) is 0 Å². The molecule has 0 spiro atoms. The molecule has 1 aliphatic rings. The van der Waals surface area contributed by atoms with Gasteiger partial charge in [0.2, 0.25) is 0 Å². The topological polar surface area (TPSA) is 29.1 Å². The molecular weight excluding hydrogens is 234 g/mol. The van der Waals surface area contributed by atoms with Crippen molar-refractivity contribution >= 4 is 23.1 Å². The SMILES string of the molecule is C=CC=C(C(=O)NC1CC1)c1ccc(Cl)cc1. The Morgan fingerprint density at radius 1 is 1.35 bits per heavy atom. The Labute approximate surface area is 106 Å². The monoisotopic (exact) mass is 247 g/mol. The van der Waals surface area contributed by atoms with Crippen molar-refractivity contribution in [1.82, 2.24) is 5.32 Å². The summed E-state index contributed by atoms with van der Waals surface area (Å²) in [6.45, 7) is 3.64. The van der Waals surface area contributed by atoms with Gasteiger partial charge in [-0.25, -0.2) is 0 Å². The molecule has 0 aromatic heterocycles. The van der Waals surface area contributed by atoms with Gasteiger partial charge in [-0.05, 0) is 36.6 Å². The zero-order valence-electron chi connectivity index (χ0n) is 9.45. The third-order valence-corrected chi connectivity index (χ3v) is 2.85. The van der Waals surface area contributed by atoms with Gasteiger partial charge >= 0.3 is 0 Å². The lowest BCUT2D eigenvalue weighted by Crippen LogP contribution is -2.26. The van der Waals surface area contributed by atoms with Gasteiger partial charge in [-0.2, -0.15) is 0 Å². The Bertz CT molecular complexity index is 458. The third kappa shape index (κ3) is 3.21. The number of amides is 1. The maximum absolute atomic E-state index is 12.0. The fraction of sp³-hybridized carbons (Fsp3) is 0.214. The number of benzene rings is 1. The van der Waals surface area contributed by atoms with Crippen LogP contribution in [0.2, 0.25) is 5.02 Å². The van der Waals surface area contributed by atoms with Crippen LogP contribution in [0.15, 0.2) is 43.0 Å². The number of hydrogen-bond donors (Lipinski definition) is 1. The van der Waals surface area contributed by atoms with E-state index >= 15 is 0 Å². The molecule has 1 fully saturated rings. The lowest BCUT2D eigenvalue weighted by Gasteiger charge is -2.08. The highest BCUT2D eigenvalue weighted by molar-refractivity contribution is 6.30. The lowest BCUT2D eigenvalue weighted by molar-refractivity contribution is -0.115. The smallest absolute Gasteiger partial charge is 0.252 e. The number of carbonyl (C=O) groups excluding carboxylic acids is 1. The fourth-order valence-corrected chi connectivity index (χ4v) is 1.67. The van der Waals surface area contributed by atoms with Gasteiger partial charge in [0, 0.05) is 16.6 Å². The maximum Gasteiger partial charge on any atom is 0.252 e. The van der Waals surface area contributed by atoms with E-state index in [4.69, 9.17) is 11.6 Å². The van der Waals surface area contributed by atoms with Crippen molar-refractivity contribution in [3.8, 4) is 0 Å². The molecule has 88 valence electrons. The van der Waals surface area contributed by atoms with Crippen molar-refractivity contribution in [3.63, 3.8) is 0 Å². The predicted octanol–water partition coefficient (Wildman–Crippen LogP) is 3.19. The first-order valence-electron chi connectivity index (χ1n) is 5.60. The van der Waals surface area contributed by atoms with E-state index in [0.29, 0.717) is 16.6 Å². The van der Waals surface area contributed by atoms with Crippen molar-refractivity contribution < 1.29 is 4.79 Å². The van der Waals surface area contributed by atoms with Crippen LogP contribution in [0.5, 0.6) is 0 Å². The molecule has 0 atom stereocenters. The summed E-state index contributed by atoms with van der Waals surface area (Å²) < 4.78 is 0. The normalized spacial score (nSPS) is 15.5. The molecule has 1 saturated carbocycles. The van der Waals surface area contributed by atoms with Crippen molar-refractivity contribution in [2.24, 2.45) is 0 Å². The minimum Gasteiger partial charge on any atom is -0.349 e. The second kappa shape index (κ2) is 5.19. The van der Waals surface area contributed by atoms with E-state index in [-0.39, 0.29) is 5.91 Å². The van der Waals surface area contributed by atoms with Gasteiger partial charge in [0.25, 0.3) is 5.91 Å². The standard InChI is InChI=1S/C14H14ClNO/c1-2-3-13(14(17)16-12-8-9-12)10-4-6-11(15)7-5-10/h2-7,12H,1,8-9H2,(H,16,17). The molecule has 2 nitrogen and oxygen atoms in total. The van der Waals surface area contributed by atoms with Gasteiger partial charge in [0.15, 0.2) is 0 Å². The summed E-state index contributed by atoms with van der Waals surface area (Å²) in [4.78, 5) is 12.0. The molecule has 1 aromatic rings. The van der Waals surface area contributed by atoms with E-state index in [9.17, 15) is 4.79 Å². The quantitative estimate of drug-likeness (QED) is 0.643. The maximum atomic E-state index is 12.0. The van der Waals surface area contributed by atoms with E-state index in [1.807, 2.05) is 12.1 Å². The summed E-state index contributed by atoms with van der Waals surface area (Å²) in [7, 11) is 0. The number of nitrogens with one attached hydrogen (secondary N) is 1. The zero-order valence-corrected chi connectivity index (χ0v) is 10.2. The van der Waals surface area contributed by atoms with Crippen LogP contribution in [-0.4, -0.2) is 11.9 Å². The minimum absolute atomic E-state index is 0.0466. The first kappa shape index (κ1) is 11.9. The molecule has 1 amide bonds. The molecule has 1 aromatic carbocycles. The molecule has 3 heteroatoms. The average molecular weight is 248 g/mol. The van der Waals surface area contributed by atoms with Crippen molar-refractivity contribution in [3.05, 3.63) is 53.6 Å². The van der Waals surface area contributed by atoms with Crippen molar-refractivity contribution in [2.75, 3.05) is 0 Å². The molecule has 2 rings (SSSR count). The zero-order chi connectivity index (χ0) is 12.3. The average Bonchev–Trinajstić information content (AvgIpc) is 3.11. The summed E-state index contributed by atoms with van der Waals surface area (Å²) in [5.41, 5.74) is 1.48. The van der Waals surface area contributed by atoms with Crippen LogP contribution in [0.3, 0.4) is 0 Å². The highest BCUT2D eigenvalue weighted by atomic mass is 35.5. The number of halogens is 1. The molecule has 0 aliphatic heterocycles. The van der Waals surface area contributed by atoms with Crippen LogP contribution in [0.1, 0.15) is 18.4 Å². The second-order valence-corrected chi connectivity index (χ2v) is 4.51. The molecule has 0 saturated heterocycles. The van der Waals surface area contributed by atoms with Crippen LogP contribution in [0.25, 0.3) is 5.57 Å². The predicted molar refractivity (Wildman–Crippen MR) is 70.8 cm³/mol. The van der Waals surface area contributed by atoms with Gasteiger partial charge < -0.3 is 5.32 Å². The number of allylic oxidation sites excluding steroid dienone is 2. The largest absolute Gasteiger partial charge is 0.349 e. The molecular formula is C14H14ClNO. The Morgan fingerprint density at radius 2 is 2.00 bits per heavy atom. The van der Waals surface area contributed by atoms with Gasteiger partial charge in [-0.3, -0.25) is 4.79 Å². The van der Waals surface area contributed by atoms with Gasteiger partial charge in [-0.1, -0.05) is 36.4 Å². The molecule has 1 aliphatic carbocycles. The molecule has 0 unspecified atom stereocenters. The van der Waals surface area contributed by atoms with Gasteiger partial charge in [-0.15, -0.1) is 0 Å². The fourth-order valence-electron chi connectivity index (χ4n) is 1.54. The Kier molecular flexibility index (Phi) is 3.64. The Balaban J connectivity index is 2.21. The third-order valence-electron chi connectivity index (χ3n) is 2.60. The summed E-state index contributed by atoms with van der Waals surface area (Å²) in [5.74, 6) is -0.0466. The van der Waals surface area contributed by atoms with Crippen LogP contribution >= 0.6 is 11.6 Å². The van der Waals surface area contributed by atoms with E-state index in [0.717, 1.165) is 18.4 Å². The van der Waals surface area contributed by atoms with Crippen molar-refractivity contribution in [1.29, 1.82) is 0 Å². The summed E-state index contributed by atoms with van der Waals surface area (Å²) in [6, 6.07) is 7.58. The summed E-state index contributed by atoms with van der Waals surface area (Å²) >= 11 is 5.83. The molecule has 17 heavy (non-hydrogen) atoms. The Hall–Kier alpha value is -1.54. The van der Waals surface area contributed by atoms with Crippen LogP contribution in [0, 0.1) is 0 Å². The molecule has 1 N–H and O–H groups in total. The highest BCUT2D eigenvalue weighted by Gasteiger charge is 2.24. The van der Waals surface area contributed by atoms with Crippen LogP contribution in [0.4, 0.5) is 0 Å². The molecule has 0 heterocycles. The van der Waals surface area contributed by atoms with Gasteiger partial charge in [0.1, 0.15) is 0 Å². The Morgan fingerprint density at radius 3 is 2.53 bits per heavy atom. The van der Waals surface area contributed by atoms with Crippen LogP contribution < -0.4 is 5.32 Å². The highest BCUT2D eigenvalue weighted by Crippen LogP contribution is 2.22. The summed E-state index contributed by atoms with van der Waals surface area (Å²) in [5, 5.41) is 3.63. The molecule has 0 radical (unpaired) electrons. The van der Waals surface area contributed by atoms with Crippen molar-refractivity contribution in [2.45, 2.75) is 18.9 Å². The van der Waals surface area contributed by atoms with Crippen LogP contribution in [-0.2, 0) is 4.79 Å². The number of hydrogen-bond acceptors (Lipinski definition) is 1. The van der Waals surface area contributed by atoms with E-state index in [1.54, 1.807) is 24.3 Å². The molecule has 0 bridgehead atoms.